The standard InChI is InChI=1S/C17H22N4O2S/c1-19(10-12-4-6-14(7-5-12)16(22)23-3)11-21-17(24)20(2)15(18-21)13-8-9-13/h4-7,13H,8-11H2,1-3H3. The van der Waals surface area contributed by atoms with E-state index in [1.165, 1.54) is 20.0 Å². The highest BCUT2D eigenvalue weighted by molar-refractivity contribution is 7.71. The number of hydrogen-bond acceptors (Lipinski definition) is 5. The Kier molecular flexibility index (Phi) is 4.82. The van der Waals surface area contributed by atoms with Crippen molar-refractivity contribution in [2.75, 3.05) is 14.2 Å². The van der Waals surface area contributed by atoms with E-state index in [9.17, 15) is 4.79 Å². The maximum Gasteiger partial charge on any atom is 0.337 e. The van der Waals surface area contributed by atoms with Crippen LogP contribution in [0.1, 0.15) is 40.5 Å². The highest BCUT2D eigenvalue weighted by Gasteiger charge is 2.29. The first-order valence-corrected chi connectivity index (χ1v) is 8.40. The summed E-state index contributed by atoms with van der Waals surface area (Å²) in [6.07, 6.45) is 2.42. The molecule has 0 spiro atoms. The molecule has 2 aromatic rings. The van der Waals surface area contributed by atoms with Crippen molar-refractivity contribution in [1.82, 2.24) is 19.2 Å². The molecule has 0 N–H and O–H groups in total. The van der Waals surface area contributed by atoms with Gasteiger partial charge in [0.05, 0.1) is 19.3 Å². The quantitative estimate of drug-likeness (QED) is 0.595. The van der Waals surface area contributed by atoms with Crippen LogP contribution in [0.15, 0.2) is 24.3 Å². The molecule has 1 fully saturated rings. The largest absolute Gasteiger partial charge is 0.465 e. The van der Waals surface area contributed by atoms with Gasteiger partial charge in [-0.3, -0.25) is 4.90 Å². The lowest BCUT2D eigenvalue weighted by Crippen LogP contribution is -2.22. The molecule has 1 aliphatic carbocycles. The molecule has 1 aliphatic rings. The lowest BCUT2D eigenvalue weighted by atomic mass is 10.1. The van der Waals surface area contributed by atoms with Crippen LogP contribution >= 0.6 is 12.2 Å². The number of benzene rings is 1. The first-order valence-electron chi connectivity index (χ1n) is 7.99. The molecule has 0 atom stereocenters. The van der Waals surface area contributed by atoms with E-state index in [1.807, 2.05) is 35.5 Å². The molecule has 0 radical (unpaired) electrons. The van der Waals surface area contributed by atoms with E-state index in [2.05, 4.69) is 10.00 Å². The Hall–Kier alpha value is -1.99. The van der Waals surface area contributed by atoms with Crippen LogP contribution < -0.4 is 0 Å². The summed E-state index contributed by atoms with van der Waals surface area (Å²) in [6, 6.07) is 7.45. The lowest BCUT2D eigenvalue weighted by molar-refractivity contribution is 0.0600. The van der Waals surface area contributed by atoms with Gasteiger partial charge in [-0.2, -0.15) is 5.10 Å². The fraction of sp³-hybridized carbons (Fsp3) is 0.471. The first-order chi connectivity index (χ1) is 11.5. The summed E-state index contributed by atoms with van der Waals surface area (Å²) < 4.78 is 9.37. The SMILES string of the molecule is COC(=O)c1ccc(CN(C)Cn2nc(C3CC3)n(C)c2=S)cc1. The molecule has 3 rings (SSSR count). The normalized spacial score (nSPS) is 14.2. The molecular formula is C17H22N4O2S. The average molecular weight is 346 g/mol. The molecule has 0 unspecified atom stereocenters. The minimum absolute atomic E-state index is 0.317. The third kappa shape index (κ3) is 3.57. The molecule has 1 aromatic carbocycles. The van der Waals surface area contributed by atoms with E-state index in [-0.39, 0.29) is 5.97 Å². The summed E-state index contributed by atoms with van der Waals surface area (Å²) in [5, 5.41) is 4.67. The van der Waals surface area contributed by atoms with E-state index < -0.39 is 0 Å². The number of esters is 1. The Morgan fingerprint density at radius 1 is 1.38 bits per heavy atom. The van der Waals surface area contributed by atoms with Crippen LogP contribution in [0, 0.1) is 4.77 Å². The highest BCUT2D eigenvalue weighted by atomic mass is 32.1. The van der Waals surface area contributed by atoms with Crippen LogP contribution in [0.4, 0.5) is 0 Å². The van der Waals surface area contributed by atoms with Crippen molar-refractivity contribution in [2.45, 2.75) is 32.0 Å². The first kappa shape index (κ1) is 16.9. The summed E-state index contributed by atoms with van der Waals surface area (Å²) in [4.78, 5) is 13.6. The van der Waals surface area contributed by atoms with Crippen molar-refractivity contribution >= 4 is 18.2 Å². The Bertz CT molecular complexity index is 790. The van der Waals surface area contributed by atoms with Gasteiger partial charge in [-0.05, 0) is 49.8 Å². The number of aromatic nitrogens is 3. The van der Waals surface area contributed by atoms with Crippen LogP contribution in [-0.4, -0.2) is 39.4 Å². The second-order valence-corrected chi connectivity index (χ2v) is 6.68. The van der Waals surface area contributed by atoms with E-state index in [1.54, 1.807) is 12.1 Å². The van der Waals surface area contributed by atoms with E-state index >= 15 is 0 Å². The zero-order valence-corrected chi connectivity index (χ0v) is 15.0. The molecule has 7 heteroatoms. The summed E-state index contributed by atoms with van der Waals surface area (Å²) >= 11 is 5.49. The van der Waals surface area contributed by atoms with Gasteiger partial charge in [0.2, 0.25) is 0 Å². The van der Waals surface area contributed by atoms with Crippen LogP contribution in [-0.2, 0) is 25.0 Å². The molecule has 1 heterocycles. The van der Waals surface area contributed by atoms with E-state index in [4.69, 9.17) is 17.0 Å². The Labute approximate surface area is 146 Å². The van der Waals surface area contributed by atoms with Gasteiger partial charge >= 0.3 is 5.97 Å². The van der Waals surface area contributed by atoms with Crippen LogP contribution in [0.25, 0.3) is 0 Å². The second-order valence-electron chi connectivity index (χ2n) is 6.32. The van der Waals surface area contributed by atoms with Gasteiger partial charge in [-0.1, -0.05) is 12.1 Å². The van der Waals surface area contributed by atoms with E-state index in [0.29, 0.717) is 18.2 Å². The maximum absolute atomic E-state index is 11.5. The van der Waals surface area contributed by atoms with E-state index in [0.717, 1.165) is 22.7 Å². The van der Waals surface area contributed by atoms with Crippen LogP contribution in [0.3, 0.4) is 0 Å². The summed E-state index contributed by atoms with van der Waals surface area (Å²) in [5.41, 5.74) is 1.68. The number of rotatable bonds is 6. The molecule has 0 aliphatic heterocycles. The molecule has 1 saturated carbocycles. The van der Waals surface area contributed by atoms with Crippen molar-refractivity contribution < 1.29 is 9.53 Å². The van der Waals surface area contributed by atoms with Gasteiger partial charge in [0.1, 0.15) is 5.82 Å². The summed E-state index contributed by atoms with van der Waals surface area (Å²) in [5.74, 6) is 1.35. The fourth-order valence-electron chi connectivity index (χ4n) is 2.75. The van der Waals surface area contributed by atoms with Crippen molar-refractivity contribution in [2.24, 2.45) is 7.05 Å². The molecule has 6 nitrogen and oxygen atoms in total. The van der Waals surface area contributed by atoms with Crippen molar-refractivity contribution in [1.29, 1.82) is 0 Å². The van der Waals surface area contributed by atoms with Gasteiger partial charge in [-0.15, -0.1) is 0 Å². The number of carbonyl (C=O) groups excluding carboxylic acids is 1. The molecule has 1 aromatic heterocycles. The van der Waals surface area contributed by atoms with Gasteiger partial charge in [0.25, 0.3) is 0 Å². The zero-order chi connectivity index (χ0) is 17.3. The zero-order valence-electron chi connectivity index (χ0n) is 14.2. The number of carbonyl (C=O) groups is 1. The molecule has 0 bridgehead atoms. The monoisotopic (exact) mass is 346 g/mol. The van der Waals surface area contributed by atoms with Crippen molar-refractivity contribution in [3.8, 4) is 0 Å². The van der Waals surface area contributed by atoms with Gasteiger partial charge in [0, 0.05) is 19.5 Å². The van der Waals surface area contributed by atoms with Crippen molar-refractivity contribution in [3.05, 3.63) is 46.0 Å². The van der Waals surface area contributed by atoms with Gasteiger partial charge < -0.3 is 9.30 Å². The average Bonchev–Trinajstić information content (AvgIpc) is 3.38. The van der Waals surface area contributed by atoms with Gasteiger partial charge in [0.15, 0.2) is 4.77 Å². The number of methoxy groups -OCH3 is 1. The smallest absolute Gasteiger partial charge is 0.337 e. The Morgan fingerprint density at radius 2 is 2.04 bits per heavy atom. The topological polar surface area (TPSA) is 52.3 Å². The predicted octanol–water partition coefficient (Wildman–Crippen LogP) is 2.70. The van der Waals surface area contributed by atoms with Gasteiger partial charge in [-0.25, -0.2) is 9.48 Å². The Morgan fingerprint density at radius 3 is 2.62 bits per heavy atom. The molecule has 0 amide bonds. The second kappa shape index (κ2) is 6.86. The lowest BCUT2D eigenvalue weighted by Gasteiger charge is -2.16. The van der Waals surface area contributed by atoms with Crippen molar-refractivity contribution in [3.63, 3.8) is 0 Å². The third-order valence-corrected chi connectivity index (χ3v) is 4.70. The summed E-state index contributed by atoms with van der Waals surface area (Å²) in [7, 11) is 5.41. The molecule has 128 valence electrons. The highest BCUT2D eigenvalue weighted by Crippen LogP contribution is 2.38. The fourth-order valence-corrected chi connectivity index (χ4v) is 2.94. The predicted molar refractivity (Wildman–Crippen MR) is 93.3 cm³/mol. The minimum atomic E-state index is -0.317. The third-order valence-electron chi connectivity index (χ3n) is 4.22. The van der Waals surface area contributed by atoms with Crippen LogP contribution in [0.2, 0.25) is 0 Å². The molecule has 0 saturated heterocycles. The molecule has 24 heavy (non-hydrogen) atoms. The number of hydrogen-bond donors (Lipinski definition) is 0. The van der Waals surface area contributed by atoms with Crippen LogP contribution in [0.5, 0.6) is 0 Å². The molecular weight excluding hydrogens is 324 g/mol. The minimum Gasteiger partial charge on any atom is -0.465 e. The maximum atomic E-state index is 11.5. The number of ether oxygens (including phenoxy) is 1. The number of nitrogens with zero attached hydrogens (tertiary/aromatic N) is 4. The Balaban J connectivity index is 1.65. The summed E-state index contributed by atoms with van der Waals surface area (Å²) in [6.45, 7) is 1.39.